The third kappa shape index (κ3) is 4.12. The molecule has 0 aromatic heterocycles. The van der Waals surface area contributed by atoms with Gasteiger partial charge >= 0.3 is 6.03 Å². The molecule has 2 aromatic rings. The summed E-state index contributed by atoms with van der Waals surface area (Å²) in [5, 5.41) is 5.25. The van der Waals surface area contributed by atoms with Gasteiger partial charge in [-0.1, -0.05) is 18.2 Å². The van der Waals surface area contributed by atoms with Crippen molar-refractivity contribution in [2.75, 3.05) is 5.32 Å². The van der Waals surface area contributed by atoms with Crippen LogP contribution in [-0.2, 0) is 11.3 Å². The number of carbonyl (C=O) groups excluding carboxylic acids is 2. The number of nitrogens with one attached hydrogen (secondary N) is 2. The number of nitrogens with two attached hydrogens (primary N) is 1. The summed E-state index contributed by atoms with van der Waals surface area (Å²) in [5.74, 6) is -1.96. The Kier molecular flexibility index (Phi) is 4.65. The molecule has 0 heterocycles. The van der Waals surface area contributed by atoms with Crippen molar-refractivity contribution in [1.29, 1.82) is 0 Å². The molecular formula is C18H17F2N3O2. The Balaban J connectivity index is 1.56. The minimum atomic E-state index is -0.664. The summed E-state index contributed by atoms with van der Waals surface area (Å²) in [5.41, 5.74) is 6.77. The van der Waals surface area contributed by atoms with E-state index >= 15 is 0 Å². The summed E-state index contributed by atoms with van der Waals surface area (Å²) in [7, 11) is 0. The highest BCUT2D eigenvalue weighted by molar-refractivity contribution is 5.87. The molecule has 1 aliphatic rings. The van der Waals surface area contributed by atoms with Gasteiger partial charge in [-0.15, -0.1) is 0 Å². The summed E-state index contributed by atoms with van der Waals surface area (Å²) in [4.78, 5) is 23.1. The monoisotopic (exact) mass is 345 g/mol. The van der Waals surface area contributed by atoms with E-state index < -0.39 is 17.7 Å². The van der Waals surface area contributed by atoms with Gasteiger partial charge in [0, 0.05) is 24.2 Å². The molecule has 3 rings (SSSR count). The first-order valence-electron chi connectivity index (χ1n) is 7.82. The first kappa shape index (κ1) is 16.9. The highest BCUT2D eigenvalue weighted by Gasteiger charge is 2.45. The second-order valence-electron chi connectivity index (χ2n) is 6.02. The van der Waals surface area contributed by atoms with E-state index in [1.807, 2.05) is 0 Å². The predicted octanol–water partition coefficient (Wildman–Crippen LogP) is 2.88. The van der Waals surface area contributed by atoms with Crippen molar-refractivity contribution in [3.63, 3.8) is 0 Å². The summed E-state index contributed by atoms with van der Waals surface area (Å²) in [6, 6.07) is 9.68. The smallest absolute Gasteiger partial charge is 0.316 e. The Hall–Kier alpha value is -2.96. The van der Waals surface area contributed by atoms with Crippen LogP contribution in [0.15, 0.2) is 42.5 Å². The fourth-order valence-electron chi connectivity index (χ4n) is 2.85. The average molecular weight is 345 g/mol. The zero-order valence-corrected chi connectivity index (χ0v) is 13.3. The van der Waals surface area contributed by atoms with Crippen LogP contribution in [0.5, 0.6) is 0 Å². The Morgan fingerprint density at radius 1 is 1.16 bits per heavy atom. The predicted molar refractivity (Wildman–Crippen MR) is 88.7 cm³/mol. The molecule has 1 aliphatic carbocycles. The van der Waals surface area contributed by atoms with Crippen LogP contribution in [0.1, 0.15) is 23.5 Å². The SMILES string of the molecule is NC(=O)Nc1cccc(CNC(=O)C2CC2c2ccc(F)cc2F)c1. The van der Waals surface area contributed by atoms with E-state index in [2.05, 4.69) is 10.6 Å². The van der Waals surface area contributed by atoms with Crippen molar-refractivity contribution >= 4 is 17.6 Å². The molecule has 2 atom stereocenters. The van der Waals surface area contributed by atoms with Gasteiger partial charge in [-0.25, -0.2) is 13.6 Å². The summed E-state index contributed by atoms with van der Waals surface area (Å²) < 4.78 is 26.7. The van der Waals surface area contributed by atoms with E-state index in [4.69, 9.17) is 5.73 Å². The quantitative estimate of drug-likeness (QED) is 0.778. The number of hydrogen-bond acceptors (Lipinski definition) is 2. The van der Waals surface area contributed by atoms with Crippen LogP contribution in [0, 0.1) is 17.6 Å². The number of urea groups is 1. The number of primary amides is 1. The topological polar surface area (TPSA) is 84.2 Å². The number of benzene rings is 2. The molecule has 0 radical (unpaired) electrons. The van der Waals surface area contributed by atoms with E-state index in [-0.39, 0.29) is 24.3 Å². The Bertz CT molecular complexity index is 826. The van der Waals surface area contributed by atoms with Gasteiger partial charge in [0.1, 0.15) is 11.6 Å². The van der Waals surface area contributed by atoms with Crippen molar-refractivity contribution in [2.24, 2.45) is 11.7 Å². The normalized spacial score (nSPS) is 18.5. The number of hydrogen-bond donors (Lipinski definition) is 3. The highest BCUT2D eigenvalue weighted by atomic mass is 19.1. The molecule has 3 amide bonds. The maximum absolute atomic E-state index is 13.8. The zero-order valence-electron chi connectivity index (χ0n) is 13.3. The van der Waals surface area contributed by atoms with Gasteiger partial charge < -0.3 is 16.4 Å². The molecule has 2 unspecified atom stereocenters. The maximum Gasteiger partial charge on any atom is 0.316 e. The van der Waals surface area contributed by atoms with Gasteiger partial charge in [-0.3, -0.25) is 4.79 Å². The molecule has 1 fully saturated rings. The Morgan fingerprint density at radius 3 is 2.68 bits per heavy atom. The number of carbonyl (C=O) groups is 2. The van der Waals surface area contributed by atoms with Gasteiger partial charge in [0.2, 0.25) is 5.91 Å². The van der Waals surface area contributed by atoms with Crippen LogP contribution in [0.4, 0.5) is 19.3 Å². The molecule has 0 spiro atoms. The minimum Gasteiger partial charge on any atom is -0.352 e. The van der Waals surface area contributed by atoms with Crippen molar-refractivity contribution < 1.29 is 18.4 Å². The molecule has 130 valence electrons. The minimum absolute atomic E-state index is 0.179. The fourth-order valence-corrected chi connectivity index (χ4v) is 2.85. The molecule has 0 aliphatic heterocycles. The lowest BCUT2D eigenvalue weighted by Gasteiger charge is -2.08. The molecular weight excluding hydrogens is 328 g/mol. The third-order valence-corrected chi connectivity index (χ3v) is 4.15. The molecule has 1 saturated carbocycles. The number of anilines is 1. The molecule has 7 heteroatoms. The maximum atomic E-state index is 13.8. The standard InChI is InChI=1S/C18H17F2N3O2/c19-11-4-5-13(16(20)7-11)14-8-15(14)17(24)22-9-10-2-1-3-12(6-10)23-18(21)25/h1-7,14-15H,8-9H2,(H,22,24)(H3,21,23,25). The third-order valence-electron chi connectivity index (χ3n) is 4.15. The number of amides is 3. The van der Waals surface area contributed by atoms with Gasteiger partial charge in [-0.05, 0) is 41.7 Å². The zero-order chi connectivity index (χ0) is 18.0. The largest absolute Gasteiger partial charge is 0.352 e. The van der Waals surface area contributed by atoms with Crippen LogP contribution in [0.3, 0.4) is 0 Å². The number of rotatable bonds is 5. The van der Waals surface area contributed by atoms with Crippen molar-refractivity contribution in [3.05, 3.63) is 65.2 Å². The lowest BCUT2D eigenvalue weighted by molar-refractivity contribution is -0.122. The van der Waals surface area contributed by atoms with Crippen LogP contribution in [0.25, 0.3) is 0 Å². The Labute approximate surface area is 143 Å². The average Bonchev–Trinajstić information content (AvgIpc) is 3.33. The van der Waals surface area contributed by atoms with Crippen LogP contribution >= 0.6 is 0 Å². The van der Waals surface area contributed by atoms with Gasteiger partial charge in [0.25, 0.3) is 0 Å². The molecule has 5 nitrogen and oxygen atoms in total. The summed E-state index contributed by atoms with van der Waals surface area (Å²) in [6.07, 6.45) is 0.539. The summed E-state index contributed by atoms with van der Waals surface area (Å²) >= 11 is 0. The Morgan fingerprint density at radius 2 is 1.96 bits per heavy atom. The molecule has 0 bridgehead atoms. The summed E-state index contributed by atoms with van der Waals surface area (Å²) in [6.45, 7) is 0.280. The van der Waals surface area contributed by atoms with E-state index in [1.54, 1.807) is 24.3 Å². The van der Waals surface area contributed by atoms with Crippen LogP contribution < -0.4 is 16.4 Å². The van der Waals surface area contributed by atoms with Crippen LogP contribution in [-0.4, -0.2) is 11.9 Å². The van der Waals surface area contributed by atoms with Crippen molar-refractivity contribution in [2.45, 2.75) is 18.9 Å². The first-order chi connectivity index (χ1) is 11.9. The lowest BCUT2D eigenvalue weighted by atomic mass is 10.1. The molecule has 2 aromatic carbocycles. The molecule has 4 N–H and O–H groups in total. The van der Waals surface area contributed by atoms with E-state index in [9.17, 15) is 18.4 Å². The number of halogens is 2. The van der Waals surface area contributed by atoms with Crippen molar-refractivity contribution in [3.8, 4) is 0 Å². The second-order valence-corrected chi connectivity index (χ2v) is 6.02. The second kappa shape index (κ2) is 6.88. The van der Waals surface area contributed by atoms with Crippen molar-refractivity contribution in [1.82, 2.24) is 5.32 Å². The lowest BCUT2D eigenvalue weighted by Crippen LogP contribution is -2.25. The van der Waals surface area contributed by atoms with E-state index in [0.717, 1.165) is 11.6 Å². The van der Waals surface area contributed by atoms with Crippen LogP contribution in [0.2, 0.25) is 0 Å². The molecule has 25 heavy (non-hydrogen) atoms. The fraction of sp³-hybridized carbons (Fsp3) is 0.222. The highest BCUT2D eigenvalue weighted by Crippen LogP contribution is 2.48. The van der Waals surface area contributed by atoms with E-state index in [0.29, 0.717) is 17.7 Å². The van der Waals surface area contributed by atoms with E-state index in [1.165, 1.54) is 12.1 Å². The van der Waals surface area contributed by atoms with Gasteiger partial charge in [-0.2, -0.15) is 0 Å². The van der Waals surface area contributed by atoms with Gasteiger partial charge in [0.15, 0.2) is 0 Å². The van der Waals surface area contributed by atoms with Gasteiger partial charge in [0.05, 0.1) is 0 Å². The molecule has 0 saturated heterocycles. The first-order valence-corrected chi connectivity index (χ1v) is 7.82.